The quantitative estimate of drug-likeness (QED) is 0.179. The van der Waals surface area contributed by atoms with Crippen molar-refractivity contribution in [3.63, 3.8) is 0 Å². The van der Waals surface area contributed by atoms with Gasteiger partial charge in [-0.1, -0.05) is 161 Å². The van der Waals surface area contributed by atoms with Crippen LogP contribution in [0.15, 0.2) is 164 Å². The van der Waals surface area contributed by atoms with E-state index in [1.54, 1.807) is 0 Å². The average molecular weight is 654 g/mol. The van der Waals surface area contributed by atoms with Crippen molar-refractivity contribution in [2.45, 2.75) is 38.5 Å². The lowest BCUT2D eigenvalue weighted by Gasteiger charge is -2.48. The van der Waals surface area contributed by atoms with E-state index in [4.69, 9.17) is 0 Å². The Balaban J connectivity index is 1.09. The van der Waals surface area contributed by atoms with Gasteiger partial charge in [0.25, 0.3) is 0 Å². The molecule has 8 aromatic carbocycles. The number of benzene rings is 8. The van der Waals surface area contributed by atoms with Crippen LogP contribution >= 0.6 is 0 Å². The van der Waals surface area contributed by atoms with Gasteiger partial charge in [0.2, 0.25) is 0 Å². The minimum absolute atomic E-state index is 0.0132. The highest BCUT2D eigenvalue weighted by Crippen LogP contribution is 2.54. The molecule has 0 bridgehead atoms. The standard InChI is InChI=1S/C50H39N/c1-49(2)44-19-11-9-16-39(44)40-26-25-36(30-45(40)50(49,3)4)32-21-23-33(24-22-32)37-27-28-47(41-17-8-7-15-38(37)41)51-46-20-12-10-18-42(46)43-29-34-13-5-6-14-35(34)31-48(43)51/h5-31H,1-4H3. The van der Waals surface area contributed by atoms with Crippen molar-refractivity contribution in [2.24, 2.45) is 0 Å². The summed E-state index contributed by atoms with van der Waals surface area (Å²) in [7, 11) is 0. The van der Waals surface area contributed by atoms with Gasteiger partial charge in [0.15, 0.2) is 0 Å². The molecule has 0 saturated carbocycles. The van der Waals surface area contributed by atoms with E-state index >= 15 is 0 Å². The first-order valence-electron chi connectivity index (χ1n) is 18.1. The Morgan fingerprint density at radius 2 is 0.922 bits per heavy atom. The summed E-state index contributed by atoms with van der Waals surface area (Å²) in [5.41, 5.74) is 14.2. The molecule has 244 valence electrons. The summed E-state index contributed by atoms with van der Waals surface area (Å²) in [4.78, 5) is 0. The molecule has 0 fully saturated rings. The third kappa shape index (κ3) is 4.28. The zero-order valence-electron chi connectivity index (χ0n) is 29.5. The lowest BCUT2D eigenvalue weighted by Crippen LogP contribution is -2.43. The average Bonchev–Trinajstić information content (AvgIpc) is 3.48. The van der Waals surface area contributed by atoms with E-state index in [2.05, 4.69) is 196 Å². The second-order valence-electron chi connectivity index (χ2n) is 15.4. The van der Waals surface area contributed by atoms with Gasteiger partial charge in [-0.15, -0.1) is 0 Å². The highest BCUT2D eigenvalue weighted by atomic mass is 15.0. The van der Waals surface area contributed by atoms with E-state index in [-0.39, 0.29) is 10.8 Å². The van der Waals surface area contributed by atoms with Crippen molar-refractivity contribution < 1.29 is 0 Å². The van der Waals surface area contributed by atoms with E-state index in [0.717, 1.165) is 0 Å². The van der Waals surface area contributed by atoms with E-state index in [9.17, 15) is 0 Å². The van der Waals surface area contributed by atoms with Crippen molar-refractivity contribution >= 4 is 43.4 Å². The van der Waals surface area contributed by atoms with Gasteiger partial charge < -0.3 is 4.57 Å². The molecule has 0 N–H and O–H groups in total. The van der Waals surface area contributed by atoms with Crippen molar-refractivity contribution in [2.75, 3.05) is 0 Å². The molecule has 0 aliphatic heterocycles. The molecule has 51 heavy (non-hydrogen) atoms. The maximum atomic E-state index is 2.46. The molecule has 0 atom stereocenters. The first-order valence-corrected chi connectivity index (χ1v) is 18.1. The summed E-state index contributed by atoms with van der Waals surface area (Å²) in [5, 5.41) is 7.59. The SMILES string of the molecule is CC1(C)c2ccccc2-c2ccc(-c3ccc(-c4ccc(-n5c6ccccc6c6cc7ccccc7cc65)c5ccccc45)cc3)cc2C1(C)C. The Hall–Kier alpha value is -5.92. The van der Waals surface area contributed by atoms with Crippen LogP contribution in [0.1, 0.15) is 38.8 Å². The first-order chi connectivity index (χ1) is 24.8. The van der Waals surface area contributed by atoms with Crippen LogP contribution in [0.3, 0.4) is 0 Å². The van der Waals surface area contributed by atoms with Crippen LogP contribution in [0.2, 0.25) is 0 Å². The summed E-state index contributed by atoms with van der Waals surface area (Å²) in [6.07, 6.45) is 0. The van der Waals surface area contributed by atoms with Crippen LogP contribution < -0.4 is 0 Å². The Bertz CT molecular complexity index is 2840. The predicted octanol–water partition coefficient (Wildman–Crippen LogP) is 13.7. The van der Waals surface area contributed by atoms with Gasteiger partial charge in [-0.3, -0.25) is 0 Å². The summed E-state index contributed by atoms with van der Waals surface area (Å²) >= 11 is 0. The lowest BCUT2D eigenvalue weighted by molar-refractivity contribution is 0.299. The van der Waals surface area contributed by atoms with Gasteiger partial charge in [-0.05, 0) is 102 Å². The van der Waals surface area contributed by atoms with Crippen LogP contribution in [-0.4, -0.2) is 4.57 Å². The maximum absolute atomic E-state index is 2.46. The summed E-state index contributed by atoms with van der Waals surface area (Å²) < 4.78 is 2.46. The Labute approximate surface area is 299 Å². The third-order valence-electron chi connectivity index (χ3n) is 12.4. The van der Waals surface area contributed by atoms with Gasteiger partial charge in [0.1, 0.15) is 0 Å². The molecule has 1 nitrogen and oxygen atoms in total. The van der Waals surface area contributed by atoms with Gasteiger partial charge in [0.05, 0.1) is 16.7 Å². The Kier molecular flexibility index (Phi) is 6.34. The van der Waals surface area contributed by atoms with Crippen LogP contribution in [0.25, 0.3) is 82.4 Å². The molecule has 1 aliphatic rings. The zero-order valence-corrected chi connectivity index (χ0v) is 29.5. The monoisotopic (exact) mass is 653 g/mol. The van der Waals surface area contributed by atoms with Gasteiger partial charge in [-0.2, -0.15) is 0 Å². The number of hydrogen-bond donors (Lipinski definition) is 0. The topological polar surface area (TPSA) is 4.93 Å². The molecule has 10 rings (SSSR count). The number of para-hydroxylation sites is 1. The smallest absolute Gasteiger partial charge is 0.0547 e. The van der Waals surface area contributed by atoms with E-state index in [1.165, 1.54) is 93.5 Å². The van der Waals surface area contributed by atoms with Crippen molar-refractivity contribution in [3.8, 4) is 39.1 Å². The fourth-order valence-corrected chi connectivity index (χ4v) is 8.90. The van der Waals surface area contributed by atoms with Crippen molar-refractivity contribution in [1.82, 2.24) is 4.57 Å². The Morgan fingerprint density at radius 3 is 1.73 bits per heavy atom. The zero-order chi connectivity index (χ0) is 34.5. The number of nitrogens with zero attached hydrogens (tertiary/aromatic N) is 1. The van der Waals surface area contributed by atoms with Gasteiger partial charge >= 0.3 is 0 Å². The van der Waals surface area contributed by atoms with E-state index in [1.807, 2.05) is 0 Å². The van der Waals surface area contributed by atoms with E-state index < -0.39 is 0 Å². The fraction of sp³-hybridized carbons (Fsp3) is 0.120. The minimum Gasteiger partial charge on any atom is -0.309 e. The minimum atomic E-state index is -0.0171. The lowest BCUT2D eigenvalue weighted by atomic mass is 9.55. The molecule has 0 radical (unpaired) electrons. The number of aromatic nitrogens is 1. The van der Waals surface area contributed by atoms with Crippen LogP contribution in [0, 0.1) is 0 Å². The first kappa shape index (κ1) is 29.9. The second-order valence-corrected chi connectivity index (χ2v) is 15.4. The molecule has 0 spiro atoms. The molecular weight excluding hydrogens is 615 g/mol. The normalized spacial score (nSPS) is 14.6. The number of rotatable bonds is 3. The molecule has 1 heterocycles. The van der Waals surface area contributed by atoms with E-state index in [0.29, 0.717) is 0 Å². The molecule has 1 heteroatoms. The van der Waals surface area contributed by atoms with Crippen LogP contribution in [0.4, 0.5) is 0 Å². The van der Waals surface area contributed by atoms with Crippen LogP contribution in [-0.2, 0) is 10.8 Å². The van der Waals surface area contributed by atoms with Crippen LogP contribution in [0.5, 0.6) is 0 Å². The fourth-order valence-electron chi connectivity index (χ4n) is 8.90. The molecule has 0 amide bonds. The molecular formula is C50H39N. The maximum Gasteiger partial charge on any atom is 0.0547 e. The third-order valence-corrected chi connectivity index (χ3v) is 12.4. The highest BCUT2D eigenvalue weighted by Gasteiger charge is 2.45. The molecule has 1 aromatic heterocycles. The summed E-state index contributed by atoms with van der Waals surface area (Å²) in [6, 6.07) is 61.0. The Morgan fingerprint density at radius 1 is 0.353 bits per heavy atom. The second kappa shape index (κ2) is 10.8. The molecule has 1 aliphatic carbocycles. The molecule has 0 saturated heterocycles. The number of hydrogen-bond acceptors (Lipinski definition) is 0. The number of fused-ring (bicyclic) bond motifs is 8. The largest absolute Gasteiger partial charge is 0.309 e. The summed E-state index contributed by atoms with van der Waals surface area (Å²) in [5.74, 6) is 0. The van der Waals surface area contributed by atoms with Crippen molar-refractivity contribution in [3.05, 3.63) is 175 Å². The highest BCUT2D eigenvalue weighted by molar-refractivity contribution is 6.15. The molecule has 0 unspecified atom stereocenters. The van der Waals surface area contributed by atoms with Gasteiger partial charge in [-0.25, -0.2) is 0 Å². The van der Waals surface area contributed by atoms with Gasteiger partial charge in [0, 0.05) is 16.2 Å². The molecule has 9 aromatic rings. The predicted molar refractivity (Wildman–Crippen MR) is 218 cm³/mol. The van der Waals surface area contributed by atoms with Crippen molar-refractivity contribution in [1.29, 1.82) is 0 Å². The summed E-state index contributed by atoms with van der Waals surface area (Å²) in [6.45, 7) is 9.61.